The summed E-state index contributed by atoms with van der Waals surface area (Å²) in [6, 6.07) is 0. The number of hydrogen-bond acceptors (Lipinski definition) is 6. The number of aliphatic hydroxyl groups is 3. The Hall–Kier alpha value is -0.137. The zero-order chi connectivity index (χ0) is 16.4. The van der Waals surface area contributed by atoms with E-state index in [4.69, 9.17) is 20.5 Å². The number of rotatable bonds is 3. The van der Waals surface area contributed by atoms with Gasteiger partial charge in [-0.3, -0.25) is 14.8 Å². The standard InChI is InChI=1S/C4H5NO3.3C3H8O.Zr/c6-3-1-2-4(7)5(3)8;3*1-2-3-4;/h8H,1-2H2;3*4H,2-3H2,1H3;. The number of nitrogens with zero attached hydrogens (tertiary/aromatic N) is 1. The van der Waals surface area contributed by atoms with E-state index in [9.17, 15) is 9.59 Å². The van der Waals surface area contributed by atoms with Crippen LogP contribution in [-0.2, 0) is 35.8 Å². The molecule has 2 amide bonds. The maximum absolute atomic E-state index is 10.2. The van der Waals surface area contributed by atoms with E-state index in [-0.39, 0.29) is 44.1 Å². The van der Waals surface area contributed by atoms with E-state index in [0.29, 0.717) is 19.8 Å². The van der Waals surface area contributed by atoms with Gasteiger partial charge in [-0.25, -0.2) is 0 Å². The van der Waals surface area contributed by atoms with Crippen LogP contribution in [0.1, 0.15) is 52.9 Å². The molecule has 4 N–H and O–H groups in total. The Morgan fingerprint density at radius 3 is 1.05 bits per heavy atom. The molecule has 0 bridgehead atoms. The first kappa shape index (κ1) is 28.9. The van der Waals surface area contributed by atoms with Crippen LogP contribution in [0.5, 0.6) is 0 Å². The maximum Gasteiger partial charge on any atom is 0.253 e. The third-order valence-corrected chi connectivity index (χ3v) is 1.70. The summed E-state index contributed by atoms with van der Waals surface area (Å²) in [6.45, 7) is 6.75. The van der Waals surface area contributed by atoms with Gasteiger partial charge < -0.3 is 15.3 Å². The molecule has 0 unspecified atom stereocenters. The van der Waals surface area contributed by atoms with Gasteiger partial charge in [0.2, 0.25) is 0 Å². The number of carbonyl (C=O) groups is 2. The van der Waals surface area contributed by atoms with Crippen molar-refractivity contribution in [2.45, 2.75) is 52.9 Å². The summed E-state index contributed by atoms with van der Waals surface area (Å²) >= 11 is 0. The molecule has 1 aliphatic rings. The quantitative estimate of drug-likeness (QED) is 0.419. The molecule has 1 aliphatic heterocycles. The molecule has 0 spiro atoms. The SMILES string of the molecule is CCCO.CCCO.CCCO.O=C1CCC(=O)N1O.[Zr]. The summed E-state index contributed by atoms with van der Waals surface area (Å²) in [5.41, 5.74) is 0. The molecule has 1 rings (SSSR count). The molecule has 0 atom stereocenters. The fourth-order valence-corrected chi connectivity index (χ4v) is 0.565. The smallest absolute Gasteiger partial charge is 0.253 e. The van der Waals surface area contributed by atoms with Crippen molar-refractivity contribution in [1.82, 2.24) is 5.06 Å². The zero-order valence-corrected chi connectivity index (χ0v) is 15.7. The molecular weight excluding hydrogens is 357 g/mol. The van der Waals surface area contributed by atoms with E-state index >= 15 is 0 Å². The predicted molar refractivity (Wildman–Crippen MR) is 75.0 cm³/mol. The number of imide groups is 1. The van der Waals surface area contributed by atoms with Crippen molar-refractivity contribution in [1.29, 1.82) is 0 Å². The summed E-state index contributed by atoms with van der Waals surface area (Å²) in [4.78, 5) is 20.5. The van der Waals surface area contributed by atoms with E-state index < -0.39 is 11.8 Å². The summed E-state index contributed by atoms with van der Waals surface area (Å²) in [7, 11) is 0. The largest absolute Gasteiger partial charge is 0.396 e. The molecule has 0 aromatic carbocycles. The fraction of sp³-hybridized carbons (Fsp3) is 0.846. The molecule has 0 radical (unpaired) electrons. The molecular formula is C13H29NO6Zr. The summed E-state index contributed by atoms with van der Waals surface area (Å²) in [5, 5.41) is 32.2. The first-order valence-electron chi connectivity index (χ1n) is 6.83. The van der Waals surface area contributed by atoms with Crippen molar-refractivity contribution in [2.24, 2.45) is 0 Å². The summed E-state index contributed by atoms with van der Waals surface area (Å²) < 4.78 is 0. The van der Waals surface area contributed by atoms with E-state index in [0.717, 1.165) is 19.3 Å². The molecule has 8 heteroatoms. The van der Waals surface area contributed by atoms with Crippen LogP contribution in [-0.4, -0.2) is 57.2 Å². The third-order valence-electron chi connectivity index (χ3n) is 1.70. The summed E-state index contributed by atoms with van der Waals surface area (Å²) in [5.74, 6) is -1.01. The van der Waals surface area contributed by atoms with Gasteiger partial charge in [0.25, 0.3) is 11.8 Å². The van der Waals surface area contributed by atoms with Gasteiger partial charge in [0.1, 0.15) is 0 Å². The number of carbonyl (C=O) groups excluding carboxylic acids is 2. The van der Waals surface area contributed by atoms with Crippen LogP contribution in [0, 0.1) is 0 Å². The molecule has 0 aromatic heterocycles. The Bertz CT molecular complexity index is 197. The van der Waals surface area contributed by atoms with Gasteiger partial charge in [-0.15, -0.1) is 0 Å². The van der Waals surface area contributed by atoms with Crippen LogP contribution in [0.4, 0.5) is 0 Å². The molecule has 1 saturated heterocycles. The van der Waals surface area contributed by atoms with Gasteiger partial charge in [-0.05, 0) is 19.3 Å². The normalized spacial score (nSPS) is 12.0. The van der Waals surface area contributed by atoms with Crippen molar-refractivity contribution in [3.8, 4) is 0 Å². The van der Waals surface area contributed by atoms with Gasteiger partial charge in [-0.1, -0.05) is 20.8 Å². The minimum atomic E-state index is -0.505. The monoisotopic (exact) mass is 385 g/mol. The second-order valence-corrected chi connectivity index (χ2v) is 3.77. The first-order valence-corrected chi connectivity index (χ1v) is 6.83. The van der Waals surface area contributed by atoms with Crippen LogP contribution in [0.3, 0.4) is 0 Å². The minimum absolute atomic E-state index is 0. The Morgan fingerprint density at radius 2 is 1.00 bits per heavy atom. The second-order valence-electron chi connectivity index (χ2n) is 3.77. The Labute approximate surface area is 146 Å². The number of hydrogen-bond donors (Lipinski definition) is 4. The van der Waals surface area contributed by atoms with Gasteiger partial charge in [0.05, 0.1) is 0 Å². The summed E-state index contributed by atoms with van der Waals surface area (Å²) in [6.07, 6.45) is 2.92. The van der Waals surface area contributed by atoms with Gasteiger partial charge in [0.15, 0.2) is 0 Å². The van der Waals surface area contributed by atoms with E-state index in [1.807, 2.05) is 20.8 Å². The van der Waals surface area contributed by atoms with E-state index in [1.54, 1.807) is 0 Å². The molecule has 0 aromatic rings. The van der Waals surface area contributed by atoms with Gasteiger partial charge >= 0.3 is 0 Å². The van der Waals surface area contributed by atoms with Crippen LogP contribution < -0.4 is 0 Å². The number of hydroxylamine groups is 2. The van der Waals surface area contributed by atoms with Crippen LogP contribution in [0.15, 0.2) is 0 Å². The molecule has 0 aliphatic carbocycles. The number of aliphatic hydroxyl groups excluding tert-OH is 3. The Kier molecular flexibility index (Phi) is 34.3. The predicted octanol–water partition coefficient (Wildman–Crippen LogP) is 0.688. The average molecular weight is 387 g/mol. The van der Waals surface area contributed by atoms with Crippen molar-refractivity contribution in [3.05, 3.63) is 0 Å². The topological polar surface area (TPSA) is 118 Å². The molecule has 0 saturated carbocycles. The van der Waals surface area contributed by atoms with E-state index in [2.05, 4.69) is 0 Å². The van der Waals surface area contributed by atoms with Crippen LogP contribution in [0.25, 0.3) is 0 Å². The van der Waals surface area contributed by atoms with E-state index in [1.165, 1.54) is 0 Å². The van der Waals surface area contributed by atoms with Crippen LogP contribution in [0.2, 0.25) is 0 Å². The molecule has 1 heterocycles. The van der Waals surface area contributed by atoms with Crippen LogP contribution >= 0.6 is 0 Å². The van der Waals surface area contributed by atoms with Gasteiger partial charge in [-0.2, -0.15) is 5.06 Å². The third kappa shape index (κ3) is 25.2. The van der Waals surface area contributed by atoms with Crippen molar-refractivity contribution in [2.75, 3.05) is 19.8 Å². The van der Waals surface area contributed by atoms with Crippen molar-refractivity contribution in [3.63, 3.8) is 0 Å². The second kappa shape index (κ2) is 24.9. The fourth-order valence-electron chi connectivity index (χ4n) is 0.565. The molecule has 21 heavy (non-hydrogen) atoms. The molecule has 7 nitrogen and oxygen atoms in total. The number of amides is 2. The average Bonchev–Trinajstić information content (AvgIpc) is 2.79. The maximum atomic E-state index is 10.2. The minimum Gasteiger partial charge on any atom is -0.396 e. The van der Waals surface area contributed by atoms with Gasteiger partial charge in [0, 0.05) is 58.9 Å². The Morgan fingerprint density at radius 1 is 0.810 bits per heavy atom. The molecule has 1 fully saturated rings. The first-order chi connectivity index (χ1) is 9.46. The van der Waals surface area contributed by atoms with Crippen molar-refractivity contribution >= 4 is 11.8 Å². The molecule has 126 valence electrons. The van der Waals surface area contributed by atoms with Crippen molar-refractivity contribution < 1.29 is 56.3 Å². The zero-order valence-electron chi connectivity index (χ0n) is 13.2. The Balaban J connectivity index is -0.0000000973.